The molecule has 132 valence electrons. The topological polar surface area (TPSA) is 78.7 Å². The molecule has 0 aliphatic rings. The number of rotatable bonds is 6. The highest BCUT2D eigenvalue weighted by Gasteiger charge is 2.18. The van der Waals surface area contributed by atoms with Crippen LogP contribution in [-0.4, -0.2) is 30.6 Å². The van der Waals surface area contributed by atoms with Crippen molar-refractivity contribution in [2.75, 3.05) is 0 Å². The summed E-state index contributed by atoms with van der Waals surface area (Å²) in [5, 5.41) is 14.3. The standard InChI is InChI=1S/C18H17N5O2S/c1-12-9-15(13(2)22(12)10-14-5-3-7-25-14)16(24)11-23-20-18(19-21-23)17-6-4-8-26-17/h3-9H,10-11H2,1-2H3. The minimum Gasteiger partial charge on any atom is -0.467 e. The number of carbonyl (C=O) groups excluding carboxylic acids is 1. The van der Waals surface area contributed by atoms with E-state index in [0.29, 0.717) is 17.9 Å². The van der Waals surface area contributed by atoms with Crippen molar-refractivity contribution in [3.05, 3.63) is 64.7 Å². The van der Waals surface area contributed by atoms with Crippen LogP contribution >= 0.6 is 11.3 Å². The molecule has 0 fully saturated rings. The summed E-state index contributed by atoms with van der Waals surface area (Å²) in [6, 6.07) is 9.54. The largest absolute Gasteiger partial charge is 0.467 e. The molecule has 0 bridgehead atoms. The van der Waals surface area contributed by atoms with E-state index in [-0.39, 0.29) is 12.3 Å². The normalized spacial score (nSPS) is 11.2. The van der Waals surface area contributed by atoms with E-state index in [1.165, 1.54) is 16.1 Å². The van der Waals surface area contributed by atoms with Crippen LogP contribution in [0.25, 0.3) is 10.7 Å². The van der Waals surface area contributed by atoms with Crippen molar-refractivity contribution in [2.45, 2.75) is 26.9 Å². The second-order valence-corrected chi connectivity index (χ2v) is 6.94. The van der Waals surface area contributed by atoms with E-state index in [0.717, 1.165) is 22.0 Å². The van der Waals surface area contributed by atoms with Crippen LogP contribution in [0.1, 0.15) is 27.5 Å². The van der Waals surface area contributed by atoms with Crippen LogP contribution in [0, 0.1) is 13.8 Å². The van der Waals surface area contributed by atoms with Crippen molar-refractivity contribution < 1.29 is 9.21 Å². The molecular formula is C18H17N5O2S. The highest BCUT2D eigenvalue weighted by Crippen LogP contribution is 2.20. The van der Waals surface area contributed by atoms with Crippen LogP contribution in [0.2, 0.25) is 0 Å². The zero-order valence-electron chi connectivity index (χ0n) is 14.4. The number of thiophene rings is 1. The minimum absolute atomic E-state index is 0.0427. The van der Waals surface area contributed by atoms with Crippen molar-refractivity contribution in [1.82, 2.24) is 24.8 Å². The van der Waals surface area contributed by atoms with E-state index in [4.69, 9.17) is 4.42 Å². The van der Waals surface area contributed by atoms with Crippen molar-refractivity contribution in [2.24, 2.45) is 0 Å². The highest BCUT2D eigenvalue weighted by molar-refractivity contribution is 7.13. The Morgan fingerprint density at radius 2 is 2.15 bits per heavy atom. The summed E-state index contributed by atoms with van der Waals surface area (Å²) < 4.78 is 7.48. The molecule has 0 radical (unpaired) electrons. The SMILES string of the molecule is Cc1cc(C(=O)Cn2nnc(-c3cccs3)n2)c(C)n1Cc1ccco1. The second kappa shape index (κ2) is 6.72. The Bertz CT molecular complexity index is 1030. The van der Waals surface area contributed by atoms with Gasteiger partial charge in [0.25, 0.3) is 0 Å². The third-order valence-corrected chi connectivity index (χ3v) is 5.11. The molecule has 0 saturated carbocycles. The van der Waals surface area contributed by atoms with Crippen LogP contribution in [0.5, 0.6) is 0 Å². The molecule has 0 aromatic carbocycles. The maximum absolute atomic E-state index is 12.7. The number of nitrogens with zero attached hydrogens (tertiary/aromatic N) is 5. The summed E-state index contributed by atoms with van der Waals surface area (Å²) in [6.45, 7) is 4.58. The van der Waals surface area contributed by atoms with Gasteiger partial charge in [-0.1, -0.05) is 6.07 Å². The molecule has 8 heteroatoms. The first-order valence-electron chi connectivity index (χ1n) is 8.16. The molecule has 0 aliphatic heterocycles. The van der Waals surface area contributed by atoms with E-state index in [2.05, 4.69) is 20.0 Å². The Morgan fingerprint density at radius 1 is 1.27 bits per heavy atom. The quantitative estimate of drug-likeness (QED) is 0.488. The van der Waals surface area contributed by atoms with Gasteiger partial charge in [0, 0.05) is 17.0 Å². The molecule has 4 rings (SSSR count). The third kappa shape index (κ3) is 3.11. The number of ketones is 1. The van der Waals surface area contributed by atoms with Gasteiger partial charge in [-0.15, -0.1) is 21.5 Å². The Kier molecular flexibility index (Phi) is 4.26. The lowest BCUT2D eigenvalue weighted by molar-refractivity contribution is 0.0960. The zero-order chi connectivity index (χ0) is 18.1. The van der Waals surface area contributed by atoms with Crippen molar-refractivity contribution in [3.8, 4) is 10.7 Å². The highest BCUT2D eigenvalue weighted by atomic mass is 32.1. The van der Waals surface area contributed by atoms with Crippen LogP contribution in [0.15, 0.2) is 46.4 Å². The molecule has 0 spiro atoms. The summed E-state index contributed by atoms with van der Waals surface area (Å²) in [5.74, 6) is 1.35. The molecule has 0 amide bonds. The monoisotopic (exact) mass is 367 g/mol. The van der Waals surface area contributed by atoms with Gasteiger partial charge < -0.3 is 8.98 Å². The van der Waals surface area contributed by atoms with Crippen LogP contribution in [0.4, 0.5) is 0 Å². The van der Waals surface area contributed by atoms with Crippen molar-refractivity contribution in [1.29, 1.82) is 0 Å². The average Bonchev–Trinajstić information content (AvgIpc) is 3.40. The maximum Gasteiger partial charge on any atom is 0.214 e. The van der Waals surface area contributed by atoms with Gasteiger partial charge in [-0.2, -0.15) is 4.80 Å². The Morgan fingerprint density at radius 3 is 2.88 bits per heavy atom. The molecule has 7 nitrogen and oxygen atoms in total. The number of aryl methyl sites for hydroxylation is 1. The first-order valence-corrected chi connectivity index (χ1v) is 9.04. The number of tetrazole rings is 1. The Balaban J connectivity index is 1.53. The molecule has 0 aliphatic carbocycles. The predicted molar refractivity (Wildman–Crippen MR) is 97.2 cm³/mol. The fourth-order valence-corrected chi connectivity index (χ4v) is 3.56. The number of Topliss-reactive ketones (excluding diaryl/α,β-unsaturated/α-hetero) is 1. The Hall–Kier alpha value is -3.00. The first kappa shape index (κ1) is 16.5. The summed E-state index contributed by atoms with van der Waals surface area (Å²) in [6.07, 6.45) is 1.65. The molecule has 0 unspecified atom stereocenters. The van der Waals surface area contributed by atoms with Gasteiger partial charge >= 0.3 is 0 Å². The van der Waals surface area contributed by atoms with E-state index in [1.54, 1.807) is 6.26 Å². The van der Waals surface area contributed by atoms with E-state index in [1.807, 2.05) is 49.6 Å². The molecule has 4 aromatic heterocycles. The van der Waals surface area contributed by atoms with Gasteiger partial charge in [-0.3, -0.25) is 4.79 Å². The predicted octanol–water partition coefficient (Wildman–Crippen LogP) is 3.34. The van der Waals surface area contributed by atoms with Crippen molar-refractivity contribution in [3.63, 3.8) is 0 Å². The number of hydrogen-bond acceptors (Lipinski definition) is 6. The fraction of sp³-hybridized carbons (Fsp3) is 0.222. The number of hydrogen-bond donors (Lipinski definition) is 0. The van der Waals surface area contributed by atoms with Gasteiger partial charge in [-0.25, -0.2) is 0 Å². The summed E-state index contributed by atoms with van der Waals surface area (Å²) >= 11 is 1.54. The fourth-order valence-electron chi connectivity index (χ4n) is 2.91. The number of aromatic nitrogens is 5. The first-order chi connectivity index (χ1) is 12.6. The molecule has 4 heterocycles. The summed E-state index contributed by atoms with van der Waals surface area (Å²) in [7, 11) is 0. The third-order valence-electron chi connectivity index (χ3n) is 4.25. The molecule has 0 saturated heterocycles. The summed E-state index contributed by atoms with van der Waals surface area (Å²) in [4.78, 5) is 15.0. The lowest BCUT2D eigenvalue weighted by Gasteiger charge is -2.07. The zero-order valence-corrected chi connectivity index (χ0v) is 15.2. The molecule has 0 atom stereocenters. The van der Waals surface area contributed by atoms with Gasteiger partial charge in [-0.05, 0) is 48.7 Å². The molecule has 0 N–H and O–H groups in total. The smallest absolute Gasteiger partial charge is 0.214 e. The van der Waals surface area contributed by atoms with E-state index < -0.39 is 0 Å². The molecular weight excluding hydrogens is 350 g/mol. The van der Waals surface area contributed by atoms with E-state index in [9.17, 15) is 4.79 Å². The number of furan rings is 1. The Labute approximate surface area is 153 Å². The van der Waals surface area contributed by atoms with Crippen LogP contribution in [0.3, 0.4) is 0 Å². The van der Waals surface area contributed by atoms with Gasteiger partial charge in [0.05, 0.1) is 17.7 Å². The average molecular weight is 367 g/mol. The lowest BCUT2D eigenvalue weighted by atomic mass is 10.1. The van der Waals surface area contributed by atoms with E-state index >= 15 is 0 Å². The van der Waals surface area contributed by atoms with Crippen molar-refractivity contribution >= 4 is 17.1 Å². The van der Waals surface area contributed by atoms with Gasteiger partial charge in [0.2, 0.25) is 5.82 Å². The van der Waals surface area contributed by atoms with Crippen LogP contribution in [-0.2, 0) is 13.1 Å². The molecule has 26 heavy (non-hydrogen) atoms. The molecule has 4 aromatic rings. The number of carbonyl (C=O) groups is 1. The van der Waals surface area contributed by atoms with Gasteiger partial charge in [0.1, 0.15) is 12.3 Å². The lowest BCUT2D eigenvalue weighted by Crippen LogP contribution is -2.14. The summed E-state index contributed by atoms with van der Waals surface area (Å²) in [5.41, 5.74) is 2.58. The second-order valence-electron chi connectivity index (χ2n) is 5.99. The van der Waals surface area contributed by atoms with Gasteiger partial charge in [0.15, 0.2) is 5.78 Å². The van der Waals surface area contributed by atoms with Crippen LogP contribution < -0.4 is 0 Å². The minimum atomic E-state index is -0.0427. The maximum atomic E-state index is 12.7.